The van der Waals surface area contributed by atoms with E-state index < -0.39 is 16.0 Å². The zero-order valence-electron chi connectivity index (χ0n) is 15.8. The summed E-state index contributed by atoms with van der Waals surface area (Å²) in [4.78, 5) is 27.2. The Labute approximate surface area is 168 Å². The van der Waals surface area contributed by atoms with Gasteiger partial charge in [-0.1, -0.05) is 24.3 Å². The minimum atomic E-state index is -3.99. The fourth-order valence-electron chi connectivity index (χ4n) is 2.24. The molecule has 0 heterocycles. The molecule has 0 fully saturated rings. The van der Waals surface area contributed by atoms with E-state index in [1.807, 2.05) is 5.87 Å². The number of esters is 1. The maximum Gasteiger partial charge on any atom is 0.349 e. The summed E-state index contributed by atoms with van der Waals surface area (Å²) in [5.41, 5.74) is 0.439. The van der Waals surface area contributed by atoms with Crippen molar-refractivity contribution in [3.63, 3.8) is 0 Å². The number of anilines is 1. The number of hydrogen-bond acceptors (Lipinski definition) is 7. The van der Waals surface area contributed by atoms with Gasteiger partial charge in [0.15, 0.2) is 5.78 Å². The van der Waals surface area contributed by atoms with Crippen molar-refractivity contribution in [1.29, 1.82) is 5.41 Å². The van der Waals surface area contributed by atoms with Crippen LogP contribution in [0.5, 0.6) is 0 Å². The van der Waals surface area contributed by atoms with Crippen molar-refractivity contribution < 1.29 is 22.7 Å². The predicted octanol–water partition coefficient (Wildman–Crippen LogP) is 3.13. The summed E-state index contributed by atoms with van der Waals surface area (Å²) in [6.45, 7) is 3.11. The maximum atomic E-state index is 12.7. The Morgan fingerprint density at radius 1 is 1.21 bits per heavy atom. The van der Waals surface area contributed by atoms with E-state index in [0.717, 1.165) is 6.21 Å². The van der Waals surface area contributed by atoms with Crippen molar-refractivity contribution in [1.82, 2.24) is 0 Å². The Bertz CT molecular complexity index is 1120. The number of Topliss-reactive ketones (excluding diaryl/α,β-unsaturated/α-hetero) is 1. The van der Waals surface area contributed by atoms with Gasteiger partial charge in [-0.3, -0.25) is 19.9 Å². The van der Waals surface area contributed by atoms with Crippen LogP contribution in [-0.4, -0.2) is 38.9 Å². The van der Waals surface area contributed by atoms with E-state index in [1.54, 1.807) is 19.1 Å². The van der Waals surface area contributed by atoms with E-state index >= 15 is 0 Å². The number of rotatable bonds is 8. The molecule has 2 N–H and O–H groups in total. The number of aliphatic imine (C=N–C) groups is 1. The first-order chi connectivity index (χ1) is 13.8. The average molecular weight is 413 g/mol. The predicted molar refractivity (Wildman–Crippen MR) is 110 cm³/mol. The molecule has 0 atom stereocenters. The zero-order chi connectivity index (χ0) is 21.4. The summed E-state index contributed by atoms with van der Waals surface area (Å²) in [5.74, 6) is 0.928. The van der Waals surface area contributed by atoms with Gasteiger partial charge in [0.1, 0.15) is 5.57 Å². The number of carbonyl (C=O) groups is 2. The van der Waals surface area contributed by atoms with Crippen molar-refractivity contribution in [3.05, 3.63) is 59.7 Å². The van der Waals surface area contributed by atoms with Crippen molar-refractivity contribution in [2.75, 3.05) is 11.3 Å². The van der Waals surface area contributed by atoms with Gasteiger partial charge in [0, 0.05) is 5.56 Å². The number of benzene rings is 2. The van der Waals surface area contributed by atoms with Crippen LogP contribution in [0.1, 0.15) is 24.2 Å². The monoisotopic (exact) mass is 413 g/mol. The molecule has 150 valence electrons. The molecule has 9 heteroatoms. The SMILES string of the molecule is CCOC(=O)C(=C=N)C=Nc1ccccc1NS(=O)(=O)c1cccc(C(C)=O)c1. The lowest BCUT2D eigenvalue weighted by Gasteiger charge is -2.11. The molecule has 0 aliphatic heterocycles. The Kier molecular flexibility index (Phi) is 7.19. The Balaban J connectivity index is 2.34. The van der Waals surface area contributed by atoms with Crippen LogP contribution in [0.4, 0.5) is 11.4 Å². The number of sulfonamides is 1. The first-order valence-electron chi connectivity index (χ1n) is 8.52. The molecule has 29 heavy (non-hydrogen) atoms. The molecule has 0 saturated carbocycles. The molecule has 2 aromatic rings. The maximum absolute atomic E-state index is 12.7. The summed E-state index contributed by atoms with van der Waals surface area (Å²) in [5, 5.41) is 7.18. The molecular weight excluding hydrogens is 394 g/mol. The molecule has 0 unspecified atom stereocenters. The van der Waals surface area contributed by atoms with Gasteiger partial charge >= 0.3 is 5.97 Å². The van der Waals surface area contributed by atoms with Crippen LogP contribution >= 0.6 is 0 Å². The van der Waals surface area contributed by atoms with E-state index in [9.17, 15) is 18.0 Å². The molecular formula is C20H19N3O5S. The highest BCUT2D eigenvalue weighted by molar-refractivity contribution is 7.92. The molecule has 0 aliphatic carbocycles. The first kappa shape index (κ1) is 21.7. The van der Waals surface area contributed by atoms with Gasteiger partial charge < -0.3 is 4.74 Å². The van der Waals surface area contributed by atoms with Gasteiger partial charge in [-0.15, -0.1) is 0 Å². The Morgan fingerprint density at radius 2 is 1.93 bits per heavy atom. The van der Waals surface area contributed by atoms with Crippen molar-refractivity contribution in [3.8, 4) is 0 Å². The average Bonchev–Trinajstić information content (AvgIpc) is 2.69. The van der Waals surface area contributed by atoms with Crippen LogP contribution in [0.25, 0.3) is 0 Å². The van der Waals surface area contributed by atoms with Crippen LogP contribution < -0.4 is 4.72 Å². The van der Waals surface area contributed by atoms with Gasteiger partial charge in [0.05, 0.1) is 29.1 Å². The number of carbonyl (C=O) groups excluding carboxylic acids is 2. The minimum absolute atomic E-state index is 0.0735. The standard InChI is InChI=1S/C20H19N3O5S/c1-3-28-20(25)16(12-21)13-22-18-9-4-5-10-19(18)23-29(26,27)17-8-6-7-15(11-17)14(2)24/h4-11,13,21,23H,3H2,1-2H3. The highest BCUT2D eigenvalue weighted by Crippen LogP contribution is 2.27. The van der Waals surface area contributed by atoms with Crippen molar-refractivity contribution >= 4 is 45.2 Å². The quantitative estimate of drug-likeness (QED) is 0.298. The number of nitrogens with one attached hydrogen (secondary N) is 2. The molecule has 0 aromatic heterocycles. The van der Waals surface area contributed by atoms with Gasteiger partial charge in [-0.25, -0.2) is 13.2 Å². The fraction of sp³-hybridized carbons (Fsp3) is 0.150. The molecule has 0 radical (unpaired) electrons. The highest BCUT2D eigenvalue weighted by atomic mass is 32.2. The second kappa shape index (κ2) is 9.59. The number of hydrogen-bond donors (Lipinski definition) is 2. The molecule has 0 amide bonds. The number of nitrogens with zero attached hydrogens (tertiary/aromatic N) is 1. The van der Waals surface area contributed by atoms with Crippen LogP contribution in [0.2, 0.25) is 0 Å². The summed E-state index contributed by atoms with van der Waals surface area (Å²) in [6, 6.07) is 11.9. The highest BCUT2D eigenvalue weighted by Gasteiger charge is 2.17. The second-order valence-corrected chi connectivity index (χ2v) is 7.41. The van der Waals surface area contributed by atoms with Crippen LogP contribution in [0, 0.1) is 5.41 Å². The number of ketones is 1. The third-order valence-corrected chi connectivity index (χ3v) is 5.03. The van der Waals surface area contributed by atoms with Crippen LogP contribution in [0.15, 0.2) is 64.0 Å². The number of ether oxygens (including phenoxy) is 1. The lowest BCUT2D eigenvalue weighted by molar-refractivity contribution is -0.137. The molecule has 0 spiro atoms. The van der Waals surface area contributed by atoms with Crippen molar-refractivity contribution in [2.24, 2.45) is 4.99 Å². The summed E-state index contributed by atoms with van der Waals surface area (Å²) < 4.78 is 32.7. The number of para-hydroxylation sites is 2. The van der Waals surface area contributed by atoms with Gasteiger partial charge in [-0.05, 0) is 44.0 Å². The van der Waals surface area contributed by atoms with E-state index in [-0.39, 0.29) is 39.8 Å². The smallest absolute Gasteiger partial charge is 0.349 e. The van der Waals surface area contributed by atoms with E-state index in [1.165, 1.54) is 43.3 Å². The normalized spacial score (nSPS) is 11.0. The Hall–Kier alpha value is -3.55. The molecule has 0 saturated heterocycles. The molecule has 2 aromatic carbocycles. The molecule has 8 nitrogen and oxygen atoms in total. The minimum Gasteiger partial charge on any atom is -0.462 e. The third-order valence-electron chi connectivity index (χ3n) is 3.66. The molecule has 0 aliphatic rings. The first-order valence-corrected chi connectivity index (χ1v) is 10.0. The second-order valence-electron chi connectivity index (χ2n) is 5.72. The van der Waals surface area contributed by atoms with Crippen LogP contribution in [0.3, 0.4) is 0 Å². The fourth-order valence-corrected chi connectivity index (χ4v) is 3.36. The molecule has 0 bridgehead atoms. The topological polar surface area (TPSA) is 126 Å². The summed E-state index contributed by atoms with van der Waals surface area (Å²) in [6.07, 6.45) is 1.08. The lowest BCUT2D eigenvalue weighted by atomic mass is 10.2. The van der Waals surface area contributed by atoms with Gasteiger partial charge in [0.2, 0.25) is 0 Å². The zero-order valence-corrected chi connectivity index (χ0v) is 16.6. The van der Waals surface area contributed by atoms with E-state index in [4.69, 9.17) is 10.1 Å². The Morgan fingerprint density at radius 3 is 2.59 bits per heavy atom. The van der Waals surface area contributed by atoms with Crippen molar-refractivity contribution in [2.45, 2.75) is 18.7 Å². The lowest BCUT2D eigenvalue weighted by Crippen LogP contribution is -2.13. The largest absolute Gasteiger partial charge is 0.462 e. The third kappa shape index (κ3) is 5.71. The van der Waals surface area contributed by atoms with E-state index in [2.05, 4.69) is 9.71 Å². The molecule has 2 rings (SSSR count). The van der Waals surface area contributed by atoms with Gasteiger partial charge in [0.25, 0.3) is 10.0 Å². The van der Waals surface area contributed by atoms with E-state index in [0.29, 0.717) is 0 Å². The van der Waals surface area contributed by atoms with Crippen LogP contribution in [-0.2, 0) is 19.6 Å². The summed E-state index contributed by atoms with van der Waals surface area (Å²) in [7, 11) is -3.99. The summed E-state index contributed by atoms with van der Waals surface area (Å²) >= 11 is 0. The van der Waals surface area contributed by atoms with Gasteiger partial charge in [-0.2, -0.15) is 0 Å².